The first-order chi connectivity index (χ1) is 8.78. The van der Waals surface area contributed by atoms with Crippen molar-refractivity contribution in [3.8, 4) is 5.75 Å². The third-order valence-corrected chi connectivity index (χ3v) is 3.72. The minimum atomic E-state index is 0.219. The van der Waals surface area contributed by atoms with Crippen LogP contribution in [0.2, 0.25) is 0 Å². The normalized spacial score (nSPS) is 22.1. The molecule has 1 saturated heterocycles. The van der Waals surface area contributed by atoms with Gasteiger partial charge < -0.3 is 15.6 Å². The molecular weight excluding hydrogens is 228 g/mol. The second-order valence-electron chi connectivity index (χ2n) is 4.86. The first-order valence-electron chi connectivity index (χ1n) is 6.47. The van der Waals surface area contributed by atoms with Crippen LogP contribution in [0.1, 0.15) is 18.0 Å². The van der Waals surface area contributed by atoms with Crippen molar-refractivity contribution in [3.63, 3.8) is 0 Å². The molecule has 4 heteroatoms. The van der Waals surface area contributed by atoms with Gasteiger partial charge in [0, 0.05) is 25.7 Å². The van der Waals surface area contributed by atoms with Crippen LogP contribution in [0, 0.1) is 5.92 Å². The number of ether oxygens (including phenoxy) is 1. The molecule has 0 radical (unpaired) electrons. The van der Waals surface area contributed by atoms with Crippen LogP contribution in [-0.2, 0) is 0 Å². The highest BCUT2D eigenvalue weighted by atomic mass is 16.5. The summed E-state index contributed by atoms with van der Waals surface area (Å²) in [4.78, 5) is 2.36. The first-order valence-corrected chi connectivity index (χ1v) is 6.47. The van der Waals surface area contributed by atoms with Gasteiger partial charge in [-0.15, -0.1) is 0 Å². The number of nitrogens with two attached hydrogens (primary N) is 1. The molecule has 1 fully saturated rings. The summed E-state index contributed by atoms with van der Waals surface area (Å²) in [5, 5.41) is 9.21. The quantitative estimate of drug-likeness (QED) is 0.819. The maximum absolute atomic E-state index is 9.21. The van der Waals surface area contributed by atoms with E-state index in [4.69, 9.17) is 10.5 Å². The molecule has 0 bridgehead atoms. The first kappa shape index (κ1) is 13.3. The van der Waals surface area contributed by atoms with Crippen LogP contribution in [0.3, 0.4) is 0 Å². The SMILES string of the molecule is COc1cccc(C(CN)N2CCC(CO)C2)c1. The van der Waals surface area contributed by atoms with E-state index in [0.717, 1.165) is 25.3 Å². The smallest absolute Gasteiger partial charge is 0.119 e. The summed E-state index contributed by atoms with van der Waals surface area (Å²) in [6, 6.07) is 8.29. The number of nitrogens with zero attached hydrogens (tertiary/aromatic N) is 1. The zero-order valence-electron chi connectivity index (χ0n) is 10.9. The van der Waals surface area contributed by atoms with Gasteiger partial charge in [-0.3, -0.25) is 4.90 Å². The molecular formula is C14H22N2O2. The third-order valence-electron chi connectivity index (χ3n) is 3.72. The highest BCUT2D eigenvalue weighted by Crippen LogP contribution is 2.28. The molecule has 3 N–H and O–H groups in total. The summed E-state index contributed by atoms with van der Waals surface area (Å²) in [5.41, 5.74) is 7.11. The molecule has 2 atom stereocenters. The molecule has 2 rings (SSSR count). The van der Waals surface area contributed by atoms with Crippen LogP contribution < -0.4 is 10.5 Å². The highest BCUT2D eigenvalue weighted by molar-refractivity contribution is 5.31. The molecule has 100 valence electrons. The van der Waals surface area contributed by atoms with Gasteiger partial charge in [0.05, 0.1) is 7.11 Å². The molecule has 2 unspecified atom stereocenters. The predicted molar refractivity (Wildman–Crippen MR) is 71.6 cm³/mol. The van der Waals surface area contributed by atoms with Crippen LogP contribution in [0.4, 0.5) is 0 Å². The minimum absolute atomic E-state index is 0.219. The highest BCUT2D eigenvalue weighted by Gasteiger charge is 2.28. The monoisotopic (exact) mass is 250 g/mol. The lowest BCUT2D eigenvalue weighted by molar-refractivity contribution is 0.200. The molecule has 1 aliphatic rings. The Morgan fingerprint density at radius 1 is 1.56 bits per heavy atom. The summed E-state index contributed by atoms with van der Waals surface area (Å²) < 4.78 is 5.26. The van der Waals surface area contributed by atoms with Gasteiger partial charge in [-0.1, -0.05) is 12.1 Å². The number of likely N-dealkylation sites (tertiary alicyclic amines) is 1. The Labute approximate surface area is 108 Å². The van der Waals surface area contributed by atoms with Crippen molar-refractivity contribution >= 4 is 0 Å². The Bertz CT molecular complexity index is 384. The zero-order valence-corrected chi connectivity index (χ0v) is 10.9. The summed E-state index contributed by atoms with van der Waals surface area (Å²) in [6.07, 6.45) is 1.05. The van der Waals surface area contributed by atoms with E-state index < -0.39 is 0 Å². The van der Waals surface area contributed by atoms with Crippen molar-refractivity contribution in [2.75, 3.05) is 33.4 Å². The molecule has 1 heterocycles. The van der Waals surface area contributed by atoms with Crippen LogP contribution in [-0.4, -0.2) is 43.4 Å². The van der Waals surface area contributed by atoms with Crippen molar-refractivity contribution in [3.05, 3.63) is 29.8 Å². The van der Waals surface area contributed by atoms with Crippen molar-refractivity contribution in [2.24, 2.45) is 11.7 Å². The second-order valence-corrected chi connectivity index (χ2v) is 4.86. The van der Waals surface area contributed by atoms with E-state index in [0.29, 0.717) is 12.5 Å². The Hall–Kier alpha value is -1.10. The van der Waals surface area contributed by atoms with E-state index in [1.54, 1.807) is 7.11 Å². The third kappa shape index (κ3) is 2.83. The molecule has 1 aliphatic heterocycles. The minimum Gasteiger partial charge on any atom is -0.497 e. The molecule has 4 nitrogen and oxygen atoms in total. The fourth-order valence-electron chi connectivity index (χ4n) is 2.64. The number of rotatable bonds is 5. The largest absolute Gasteiger partial charge is 0.497 e. The van der Waals surface area contributed by atoms with E-state index >= 15 is 0 Å². The number of methoxy groups -OCH3 is 1. The molecule has 0 amide bonds. The lowest BCUT2D eigenvalue weighted by Crippen LogP contribution is -2.32. The lowest BCUT2D eigenvalue weighted by atomic mass is 10.1. The van der Waals surface area contributed by atoms with Gasteiger partial charge in [-0.2, -0.15) is 0 Å². The number of hydrogen-bond donors (Lipinski definition) is 2. The number of hydrogen-bond acceptors (Lipinski definition) is 4. The van der Waals surface area contributed by atoms with E-state index in [-0.39, 0.29) is 12.6 Å². The van der Waals surface area contributed by atoms with Gasteiger partial charge in [0.25, 0.3) is 0 Å². The Morgan fingerprint density at radius 3 is 3.00 bits per heavy atom. The summed E-state index contributed by atoms with van der Waals surface area (Å²) in [5.74, 6) is 1.26. The van der Waals surface area contributed by atoms with Crippen LogP contribution in [0.15, 0.2) is 24.3 Å². The molecule has 1 aromatic carbocycles. The van der Waals surface area contributed by atoms with E-state index in [2.05, 4.69) is 11.0 Å². The molecule has 0 saturated carbocycles. The number of aliphatic hydroxyl groups excluding tert-OH is 1. The average molecular weight is 250 g/mol. The van der Waals surface area contributed by atoms with Crippen molar-refractivity contribution < 1.29 is 9.84 Å². The number of aliphatic hydroxyl groups is 1. The molecule has 0 aromatic heterocycles. The van der Waals surface area contributed by atoms with E-state index in [1.165, 1.54) is 5.56 Å². The fourth-order valence-corrected chi connectivity index (χ4v) is 2.64. The van der Waals surface area contributed by atoms with Crippen LogP contribution >= 0.6 is 0 Å². The zero-order chi connectivity index (χ0) is 13.0. The van der Waals surface area contributed by atoms with Crippen molar-refractivity contribution in [1.82, 2.24) is 4.90 Å². The summed E-state index contributed by atoms with van der Waals surface area (Å²) in [6.45, 7) is 2.79. The Morgan fingerprint density at radius 2 is 2.39 bits per heavy atom. The van der Waals surface area contributed by atoms with Crippen molar-refractivity contribution in [1.29, 1.82) is 0 Å². The Balaban J connectivity index is 2.12. The summed E-state index contributed by atoms with van der Waals surface area (Å²) >= 11 is 0. The van der Waals surface area contributed by atoms with Gasteiger partial charge >= 0.3 is 0 Å². The van der Waals surface area contributed by atoms with E-state index in [1.807, 2.05) is 18.2 Å². The second kappa shape index (κ2) is 6.18. The predicted octanol–water partition coefficient (Wildman–Crippen LogP) is 1.01. The number of benzene rings is 1. The van der Waals surface area contributed by atoms with Gasteiger partial charge in [-0.05, 0) is 36.6 Å². The Kier molecular flexibility index (Phi) is 4.58. The van der Waals surface area contributed by atoms with Crippen LogP contribution in [0.5, 0.6) is 5.75 Å². The van der Waals surface area contributed by atoms with Gasteiger partial charge in [0.15, 0.2) is 0 Å². The maximum Gasteiger partial charge on any atom is 0.119 e. The van der Waals surface area contributed by atoms with E-state index in [9.17, 15) is 5.11 Å². The molecule has 18 heavy (non-hydrogen) atoms. The van der Waals surface area contributed by atoms with Gasteiger partial charge in [0.1, 0.15) is 5.75 Å². The topological polar surface area (TPSA) is 58.7 Å². The van der Waals surface area contributed by atoms with Gasteiger partial charge in [0.2, 0.25) is 0 Å². The average Bonchev–Trinajstić information content (AvgIpc) is 2.88. The molecule has 1 aromatic rings. The molecule has 0 spiro atoms. The van der Waals surface area contributed by atoms with Crippen molar-refractivity contribution in [2.45, 2.75) is 12.5 Å². The fraction of sp³-hybridized carbons (Fsp3) is 0.571. The standard InChI is InChI=1S/C14H22N2O2/c1-18-13-4-2-3-12(7-13)14(8-15)16-6-5-11(9-16)10-17/h2-4,7,11,14,17H,5-6,8-10,15H2,1H3. The van der Waals surface area contributed by atoms with Crippen LogP contribution in [0.25, 0.3) is 0 Å². The lowest BCUT2D eigenvalue weighted by Gasteiger charge is -2.27. The van der Waals surface area contributed by atoms with Gasteiger partial charge in [-0.25, -0.2) is 0 Å². The molecule has 0 aliphatic carbocycles. The maximum atomic E-state index is 9.21. The summed E-state index contributed by atoms with van der Waals surface area (Å²) in [7, 11) is 1.67.